The SMILES string of the molecule is O=C(Nc1ccccc1-c1ccccc1)C1CCS(=O)(=O)C1. The summed E-state index contributed by atoms with van der Waals surface area (Å²) in [6.07, 6.45) is 0.404. The number of benzene rings is 2. The third-order valence-corrected chi connectivity index (χ3v) is 5.64. The Morgan fingerprint density at radius 2 is 1.68 bits per heavy atom. The highest BCUT2D eigenvalue weighted by molar-refractivity contribution is 7.91. The normalized spacial score (nSPS) is 19.7. The van der Waals surface area contributed by atoms with Crippen LogP contribution in [0, 0.1) is 5.92 Å². The van der Waals surface area contributed by atoms with E-state index >= 15 is 0 Å². The minimum Gasteiger partial charge on any atom is -0.325 e. The Morgan fingerprint density at radius 3 is 2.36 bits per heavy atom. The Morgan fingerprint density at radius 1 is 1.00 bits per heavy atom. The molecule has 1 aliphatic heterocycles. The lowest BCUT2D eigenvalue weighted by atomic mass is 10.0. The van der Waals surface area contributed by atoms with Crippen LogP contribution in [0.1, 0.15) is 6.42 Å². The molecule has 0 saturated carbocycles. The van der Waals surface area contributed by atoms with E-state index < -0.39 is 15.8 Å². The number of hydrogen-bond donors (Lipinski definition) is 1. The van der Waals surface area contributed by atoms with Gasteiger partial charge >= 0.3 is 0 Å². The third-order valence-electron chi connectivity index (χ3n) is 3.87. The molecule has 1 saturated heterocycles. The van der Waals surface area contributed by atoms with Crippen molar-refractivity contribution in [3.8, 4) is 11.1 Å². The largest absolute Gasteiger partial charge is 0.325 e. The van der Waals surface area contributed by atoms with Gasteiger partial charge in [0.25, 0.3) is 0 Å². The molecule has 0 spiro atoms. The Labute approximate surface area is 130 Å². The lowest BCUT2D eigenvalue weighted by molar-refractivity contribution is -0.119. The van der Waals surface area contributed by atoms with Gasteiger partial charge in [-0.25, -0.2) is 8.42 Å². The van der Waals surface area contributed by atoms with Crippen LogP contribution in [0.25, 0.3) is 11.1 Å². The number of rotatable bonds is 3. The van der Waals surface area contributed by atoms with Crippen molar-refractivity contribution in [2.24, 2.45) is 5.92 Å². The second-order valence-corrected chi connectivity index (χ2v) is 7.73. The van der Waals surface area contributed by atoms with Crippen LogP contribution in [0.15, 0.2) is 54.6 Å². The second kappa shape index (κ2) is 5.93. The summed E-state index contributed by atoms with van der Waals surface area (Å²) in [5, 5.41) is 2.89. The van der Waals surface area contributed by atoms with Crippen molar-refractivity contribution in [1.29, 1.82) is 0 Å². The van der Waals surface area contributed by atoms with Crippen LogP contribution >= 0.6 is 0 Å². The zero-order chi connectivity index (χ0) is 15.6. The third kappa shape index (κ3) is 3.20. The molecule has 0 aliphatic carbocycles. The van der Waals surface area contributed by atoms with E-state index in [2.05, 4.69) is 5.32 Å². The van der Waals surface area contributed by atoms with Gasteiger partial charge in [0.2, 0.25) is 5.91 Å². The van der Waals surface area contributed by atoms with Gasteiger partial charge in [0, 0.05) is 11.3 Å². The summed E-state index contributed by atoms with van der Waals surface area (Å²) in [6.45, 7) is 0. The minimum absolute atomic E-state index is 0.0493. The van der Waals surface area contributed by atoms with E-state index in [0.717, 1.165) is 11.1 Å². The van der Waals surface area contributed by atoms with Gasteiger partial charge in [-0.3, -0.25) is 4.79 Å². The van der Waals surface area contributed by atoms with Crippen molar-refractivity contribution in [2.45, 2.75) is 6.42 Å². The molecule has 1 heterocycles. The molecule has 1 aliphatic rings. The lowest BCUT2D eigenvalue weighted by Crippen LogP contribution is -2.24. The lowest BCUT2D eigenvalue weighted by Gasteiger charge is -2.13. The molecule has 1 N–H and O–H groups in total. The van der Waals surface area contributed by atoms with Crippen LogP contribution in [0.2, 0.25) is 0 Å². The van der Waals surface area contributed by atoms with Crippen molar-refractivity contribution >= 4 is 21.4 Å². The zero-order valence-corrected chi connectivity index (χ0v) is 12.8. The van der Waals surface area contributed by atoms with Crippen molar-refractivity contribution in [1.82, 2.24) is 0 Å². The molecule has 2 aromatic rings. The Kier molecular flexibility index (Phi) is 3.98. The number of sulfone groups is 1. The molecule has 0 bridgehead atoms. The van der Waals surface area contributed by atoms with Gasteiger partial charge in [0.15, 0.2) is 9.84 Å². The number of amides is 1. The highest BCUT2D eigenvalue weighted by Crippen LogP contribution is 2.29. The number of carbonyl (C=O) groups excluding carboxylic acids is 1. The molecule has 1 atom stereocenters. The molecule has 5 heteroatoms. The average Bonchev–Trinajstić information content (AvgIpc) is 2.89. The predicted molar refractivity (Wildman–Crippen MR) is 87.3 cm³/mol. The molecule has 1 fully saturated rings. The standard InChI is InChI=1S/C17H17NO3S/c19-17(14-10-11-22(20,21)12-14)18-16-9-5-4-8-15(16)13-6-2-1-3-7-13/h1-9,14H,10-12H2,(H,18,19). The van der Waals surface area contributed by atoms with E-state index in [0.29, 0.717) is 12.1 Å². The van der Waals surface area contributed by atoms with Gasteiger partial charge < -0.3 is 5.32 Å². The molecule has 22 heavy (non-hydrogen) atoms. The number of nitrogens with one attached hydrogen (secondary N) is 1. The number of carbonyl (C=O) groups is 1. The number of anilines is 1. The fourth-order valence-corrected chi connectivity index (χ4v) is 4.44. The van der Waals surface area contributed by atoms with Crippen molar-refractivity contribution in [2.75, 3.05) is 16.8 Å². The van der Waals surface area contributed by atoms with E-state index in [1.807, 2.05) is 54.6 Å². The highest BCUT2D eigenvalue weighted by Gasteiger charge is 2.33. The number of para-hydroxylation sites is 1. The van der Waals surface area contributed by atoms with Gasteiger partial charge in [0.1, 0.15) is 0 Å². The quantitative estimate of drug-likeness (QED) is 0.947. The molecule has 1 amide bonds. The number of hydrogen-bond acceptors (Lipinski definition) is 3. The first kappa shape index (κ1) is 14.8. The molecule has 1 unspecified atom stereocenters. The summed E-state index contributed by atoms with van der Waals surface area (Å²) in [7, 11) is -3.06. The second-order valence-electron chi connectivity index (χ2n) is 5.50. The Balaban J connectivity index is 1.83. The molecule has 2 aromatic carbocycles. The molecule has 0 radical (unpaired) electrons. The zero-order valence-electron chi connectivity index (χ0n) is 12.0. The molecular weight excluding hydrogens is 298 g/mol. The Bertz CT molecular complexity index is 785. The fraction of sp³-hybridized carbons (Fsp3) is 0.235. The smallest absolute Gasteiger partial charge is 0.228 e. The topological polar surface area (TPSA) is 63.2 Å². The van der Waals surface area contributed by atoms with Gasteiger partial charge in [-0.05, 0) is 18.1 Å². The van der Waals surface area contributed by atoms with Gasteiger partial charge in [-0.2, -0.15) is 0 Å². The average molecular weight is 315 g/mol. The Hall–Kier alpha value is -2.14. The minimum atomic E-state index is -3.06. The van der Waals surface area contributed by atoms with Crippen LogP contribution in [-0.4, -0.2) is 25.8 Å². The summed E-state index contributed by atoms with van der Waals surface area (Å²) < 4.78 is 23.0. The maximum atomic E-state index is 12.3. The monoisotopic (exact) mass is 315 g/mol. The molecular formula is C17H17NO3S. The van der Waals surface area contributed by atoms with E-state index in [-0.39, 0.29) is 17.4 Å². The first-order valence-corrected chi connectivity index (χ1v) is 9.03. The van der Waals surface area contributed by atoms with Crippen molar-refractivity contribution < 1.29 is 13.2 Å². The predicted octanol–water partition coefficient (Wildman–Crippen LogP) is 2.73. The molecule has 3 rings (SSSR count). The van der Waals surface area contributed by atoms with Crippen LogP contribution in [0.5, 0.6) is 0 Å². The van der Waals surface area contributed by atoms with Crippen LogP contribution in [0.4, 0.5) is 5.69 Å². The summed E-state index contributed by atoms with van der Waals surface area (Å²) >= 11 is 0. The highest BCUT2D eigenvalue weighted by atomic mass is 32.2. The first-order valence-electron chi connectivity index (χ1n) is 7.21. The molecule has 114 valence electrons. The van der Waals surface area contributed by atoms with Crippen molar-refractivity contribution in [3.63, 3.8) is 0 Å². The van der Waals surface area contributed by atoms with Gasteiger partial charge in [0.05, 0.1) is 17.4 Å². The fourth-order valence-electron chi connectivity index (χ4n) is 2.70. The molecule has 4 nitrogen and oxygen atoms in total. The van der Waals surface area contributed by atoms with E-state index in [1.54, 1.807) is 0 Å². The maximum absolute atomic E-state index is 12.3. The van der Waals surface area contributed by atoms with Crippen LogP contribution < -0.4 is 5.32 Å². The summed E-state index contributed by atoms with van der Waals surface area (Å²) in [5.41, 5.74) is 2.65. The van der Waals surface area contributed by atoms with E-state index in [9.17, 15) is 13.2 Å². The molecule has 0 aromatic heterocycles. The van der Waals surface area contributed by atoms with Crippen molar-refractivity contribution in [3.05, 3.63) is 54.6 Å². The first-order chi connectivity index (χ1) is 10.6. The maximum Gasteiger partial charge on any atom is 0.228 e. The van der Waals surface area contributed by atoms with E-state index in [4.69, 9.17) is 0 Å². The van der Waals surface area contributed by atoms with Crippen LogP contribution in [-0.2, 0) is 14.6 Å². The summed E-state index contributed by atoms with van der Waals surface area (Å²) in [5.74, 6) is -0.615. The van der Waals surface area contributed by atoms with Gasteiger partial charge in [-0.1, -0.05) is 48.5 Å². The van der Waals surface area contributed by atoms with Crippen LogP contribution in [0.3, 0.4) is 0 Å². The van der Waals surface area contributed by atoms with E-state index in [1.165, 1.54) is 0 Å². The summed E-state index contributed by atoms with van der Waals surface area (Å²) in [4.78, 5) is 12.3. The summed E-state index contributed by atoms with van der Waals surface area (Å²) in [6, 6.07) is 17.3. The van der Waals surface area contributed by atoms with Gasteiger partial charge in [-0.15, -0.1) is 0 Å².